The van der Waals surface area contributed by atoms with Crippen LogP contribution in [0, 0.1) is 20.8 Å². The van der Waals surface area contributed by atoms with Crippen molar-refractivity contribution in [1.82, 2.24) is 9.97 Å². The van der Waals surface area contributed by atoms with Crippen molar-refractivity contribution < 1.29 is 4.79 Å². The molecular formula is C14H16N2OS. The lowest BCUT2D eigenvalue weighted by molar-refractivity contribution is 0.102. The van der Waals surface area contributed by atoms with Crippen LogP contribution in [0.25, 0.3) is 0 Å². The lowest BCUT2D eigenvalue weighted by Gasteiger charge is -2.09. The summed E-state index contributed by atoms with van der Waals surface area (Å²) < 4.78 is 0. The fourth-order valence-corrected chi connectivity index (χ4v) is 2.85. The molecule has 0 aliphatic heterocycles. The van der Waals surface area contributed by atoms with E-state index < -0.39 is 0 Å². The molecule has 1 aromatic carbocycles. The van der Waals surface area contributed by atoms with Gasteiger partial charge in [-0.1, -0.05) is 29.5 Å². The molecule has 0 bridgehead atoms. The van der Waals surface area contributed by atoms with Crippen molar-refractivity contribution in [2.75, 3.05) is 5.75 Å². The highest BCUT2D eigenvalue weighted by molar-refractivity contribution is 7.99. The summed E-state index contributed by atoms with van der Waals surface area (Å²) in [5.41, 5.74) is 4.15. The molecular weight excluding hydrogens is 244 g/mol. The van der Waals surface area contributed by atoms with E-state index in [0.29, 0.717) is 5.75 Å². The zero-order chi connectivity index (χ0) is 13.1. The Kier molecular flexibility index (Phi) is 3.87. The number of nitrogens with zero attached hydrogens (tertiary/aromatic N) is 1. The van der Waals surface area contributed by atoms with E-state index in [0.717, 1.165) is 21.8 Å². The zero-order valence-electron chi connectivity index (χ0n) is 10.8. The molecule has 0 aliphatic rings. The molecule has 18 heavy (non-hydrogen) atoms. The van der Waals surface area contributed by atoms with Gasteiger partial charge in [0.15, 0.2) is 10.9 Å². The van der Waals surface area contributed by atoms with Crippen LogP contribution in [0.5, 0.6) is 0 Å². The second-order valence-electron chi connectivity index (χ2n) is 4.38. The number of thioether (sulfide) groups is 1. The van der Waals surface area contributed by atoms with E-state index in [1.54, 1.807) is 12.4 Å². The Bertz CT molecular complexity index is 538. The van der Waals surface area contributed by atoms with Gasteiger partial charge in [0, 0.05) is 18.0 Å². The number of carbonyl (C=O) groups excluding carboxylic acids is 1. The van der Waals surface area contributed by atoms with Gasteiger partial charge in [-0.3, -0.25) is 4.79 Å². The molecule has 0 fully saturated rings. The van der Waals surface area contributed by atoms with Crippen LogP contribution in [-0.2, 0) is 0 Å². The van der Waals surface area contributed by atoms with E-state index in [1.165, 1.54) is 17.3 Å². The van der Waals surface area contributed by atoms with E-state index in [-0.39, 0.29) is 5.78 Å². The molecule has 1 heterocycles. The highest BCUT2D eigenvalue weighted by atomic mass is 32.2. The number of aromatic amines is 1. The lowest BCUT2D eigenvalue weighted by atomic mass is 9.97. The largest absolute Gasteiger partial charge is 0.340 e. The van der Waals surface area contributed by atoms with Crippen LogP contribution in [0.3, 0.4) is 0 Å². The van der Waals surface area contributed by atoms with Gasteiger partial charge in [0.1, 0.15) is 0 Å². The molecule has 2 rings (SSSR count). The van der Waals surface area contributed by atoms with E-state index in [1.807, 2.05) is 20.8 Å². The van der Waals surface area contributed by atoms with E-state index >= 15 is 0 Å². The van der Waals surface area contributed by atoms with Crippen LogP contribution in [0.15, 0.2) is 29.7 Å². The third-order valence-electron chi connectivity index (χ3n) is 2.77. The van der Waals surface area contributed by atoms with Gasteiger partial charge in [0.25, 0.3) is 0 Å². The third-order valence-corrected chi connectivity index (χ3v) is 3.67. The summed E-state index contributed by atoms with van der Waals surface area (Å²) in [4.78, 5) is 19.3. The van der Waals surface area contributed by atoms with Crippen molar-refractivity contribution in [2.45, 2.75) is 25.9 Å². The first-order chi connectivity index (χ1) is 8.58. The highest BCUT2D eigenvalue weighted by Gasteiger charge is 2.13. The van der Waals surface area contributed by atoms with Gasteiger partial charge < -0.3 is 4.98 Å². The quantitative estimate of drug-likeness (QED) is 0.677. The topological polar surface area (TPSA) is 45.8 Å². The number of nitrogens with one attached hydrogen (secondary N) is 1. The maximum atomic E-state index is 12.2. The Hall–Kier alpha value is -1.55. The molecule has 0 radical (unpaired) electrons. The fourth-order valence-electron chi connectivity index (χ4n) is 2.16. The van der Waals surface area contributed by atoms with E-state index in [9.17, 15) is 4.79 Å². The summed E-state index contributed by atoms with van der Waals surface area (Å²) in [7, 11) is 0. The first-order valence-electron chi connectivity index (χ1n) is 5.81. The number of aromatic nitrogens is 2. The van der Waals surface area contributed by atoms with Gasteiger partial charge >= 0.3 is 0 Å². The standard InChI is InChI=1S/C14H16N2OS/c1-9-6-10(2)13(11(3)7-9)12(17)8-18-14-15-4-5-16-14/h4-7H,8H2,1-3H3,(H,15,16). The minimum absolute atomic E-state index is 0.159. The van der Waals surface area contributed by atoms with Crippen molar-refractivity contribution in [3.05, 3.63) is 46.8 Å². The Labute approximate surface area is 111 Å². The van der Waals surface area contributed by atoms with E-state index in [4.69, 9.17) is 0 Å². The molecule has 0 spiro atoms. The number of H-pyrrole nitrogens is 1. The van der Waals surface area contributed by atoms with Crippen molar-refractivity contribution in [3.63, 3.8) is 0 Å². The maximum Gasteiger partial charge on any atom is 0.173 e. The number of benzene rings is 1. The average Bonchev–Trinajstić information content (AvgIpc) is 2.77. The number of hydrogen-bond donors (Lipinski definition) is 1. The van der Waals surface area contributed by atoms with Crippen LogP contribution < -0.4 is 0 Å². The number of Topliss-reactive ketones (excluding diaryl/α,β-unsaturated/α-hetero) is 1. The average molecular weight is 260 g/mol. The predicted octanol–water partition coefficient (Wildman–Crippen LogP) is 3.31. The van der Waals surface area contributed by atoms with Gasteiger partial charge in [-0.25, -0.2) is 4.98 Å². The normalized spacial score (nSPS) is 10.6. The lowest BCUT2D eigenvalue weighted by Crippen LogP contribution is -2.08. The maximum absolute atomic E-state index is 12.2. The minimum atomic E-state index is 0.159. The van der Waals surface area contributed by atoms with Gasteiger partial charge in [-0.15, -0.1) is 0 Å². The zero-order valence-corrected chi connectivity index (χ0v) is 11.6. The molecule has 94 valence electrons. The summed E-state index contributed by atoms with van der Waals surface area (Å²) in [5.74, 6) is 0.574. The molecule has 3 nitrogen and oxygen atoms in total. The molecule has 0 aliphatic carbocycles. The molecule has 1 N–H and O–H groups in total. The number of carbonyl (C=O) groups is 1. The van der Waals surface area contributed by atoms with Crippen LogP contribution in [0.2, 0.25) is 0 Å². The van der Waals surface area contributed by atoms with Gasteiger partial charge in [-0.2, -0.15) is 0 Å². The first kappa shape index (κ1) is 12.9. The molecule has 2 aromatic rings. The molecule has 0 atom stereocenters. The predicted molar refractivity (Wildman–Crippen MR) is 74.3 cm³/mol. The highest BCUT2D eigenvalue weighted by Crippen LogP contribution is 2.20. The summed E-state index contributed by atoms with van der Waals surface area (Å²) >= 11 is 1.44. The van der Waals surface area contributed by atoms with Crippen molar-refractivity contribution >= 4 is 17.5 Å². The SMILES string of the molecule is Cc1cc(C)c(C(=O)CSc2ncc[nH]2)c(C)c1. The fraction of sp³-hybridized carbons (Fsp3) is 0.286. The molecule has 0 saturated heterocycles. The second kappa shape index (κ2) is 5.40. The number of hydrogen-bond acceptors (Lipinski definition) is 3. The van der Waals surface area contributed by atoms with Gasteiger partial charge in [0.05, 0.1) is 5.75 Å². The Balaban J connectivity index is 2.14. The van der Waals surface area contributed by atoms with Crippen molar-refractivity contribution in [2.24, 2.45) is 0 Å². The Morgan fingerprint density at radius 2 is 1.94 bits per heavy atom. The summed E-state index contributed by atoms with van der Waals surface area (Å²) in [6, 6.07) is 4.11. The van der Waals surface area contributed by atoms with Crippen molar-refractivity contribution in [3.8, 4) is 0 Å². The summed E-state index contributed by atoms with van der Waals surface area (Å²) in [5, 5.41) is 0.783. The van der Waals surface area contributed by atoms with Crippen LogP contribution in [-0.4, -0.2) is 21.5 Å². The van der Waals surface area contributed by atoms with Crippen LogP contribution >= 0.6 is 11.8 Å². The molecule has 1 aromatic heterocycles. The van der Waals surface area contributed by atoms with Crippen LogP contribution in [0.4, 0.5) is 0 Å². The number of aryl methyl sites for hydroxylation is 3. The monoisotopic (exact) mass is 260 g/mol. The molecule has 0 saturated carbocycles. The molecule has 0 amide bonds. The Morgan fingerprint density at radius 1 is 1.28 bits per heavy atom. The van der Waals surface area contributed by atoms with E-state index in [2.05, 4.69) is 22.1 Å². The van der Waals surface area contributed by atoms with Gasteiger partial charge in [0.2, 0.25) is 0 Å². The second-order valence-corrected chi connectivity index (χ2v) is 5.34. The summed E-state index contributed by atoms with van der Waals surface area (Å²) in [6.07, 6.45) is 3.45. The first-order valence-corrected chi connectivity index (χ1v) is 6.79. The molecule has 0 unspecified atom stereocenters. The minimum Gasteiger partial charge on any atom is -0.340 e. The Morgan fingerprint density at radius 3 is 2.50 bits per heavy atom. The number of imidazole rings is 1. The number of ketones is 1. The molecule has 4 heteroatoms. The van der Waals surface area contributed by atoms with Gasteiger partial charge in [-0.05, 0) is 31.9 Å². The number of rotatable bonds is 4. The van der Waals surface area contributed by atoms with Crippen molar-refractivity contribution in [1.29, 1.82) is 0 Å². The summed E-state index contributed by atoms with van der Waals surface area (Å²) in [6.45, 7) is 6.03. The third kappa shape index (κ3) is 2.82. The smallest absolute Gasteiger partial charge is 0.173 e. The van der Waals surface area contributed by atoms with Crippen LogP contribution in [0.1, 0.15) is 27.0 Å².